The third kappa shape index (κ3) is 5.29. The lowest BCUT2D eigenvalue weighted by atomic mass is 10.4. The fraction of sp³-hybridized carbons (Fsp3) is 0.833. The monoisotopic (exact) mass is 199 g/mol. The Labute approximate surface area is 73.8 Å². The zero-order chi connectivity index (χ0) is 10.5. The molecule has 13 heavy (non-hydrogen) atoms. The number of hydrogen-bond acceptors (Lipinski definition) is 2. The molecule has 4 nitrogen and oxygen atoms in total. The Morgan fingerprint density at radius 1 is 1.54 bits per heavy atom. The highest BCUT2D eigenvalue weighted by Gasteiger charge is 2.32. The maximum absolute atomic E-state index is 11.9. The highest BCUT2D eigenvalue weighted by Crippen LogP contribution is 2.16. The number of rotatable bonds is 3. The van der Waals surface area contributed by atoms with E-state index in [1.165, 1.54) is 0 Å². The summed E-state index contributed by atoms with van der Waals surface area (Å²) in [4.78, 5) is 11.4. The first kappa shape index (κ1) is 12.0. The van der Waals surface area contributed by atoms with Crippen LogP contribution in [0.5, 0.6) is 0 Å². The molecule has 0 aliphatic carbocycles. The van der Waals surface area contributed by atoms with Crippen LogP contribution in [-0.2, 0) is 0 Å². The number of nitrogens with two attached hydrogens (primary N) is 1. The number of amides is 2. The molecule has 0 fully saturated rings. The van der Waals surface area contributed by atoms with Gasteiger partial charge in [0.05, 0.1) is 0 Å². The van der Waals surface area contributed by atoms with E-state index in [0.29, 0.717) is 11.3 Å². The van der Waals surface area contributed by atoms with E-state index in [1.54, 1.807) is 12.3 Å². The summed E-state index contributed by atoms with van der Waals surface area (Å²) in [5, 5.41) is 0. The molecule has 2 amide bonds. The summed E-state index contributed by atoms with van der Waals surface area (Å²) >= 11 is 0. The van der Waals surface area contributed by atoms with Crippen molar-refractivity contribution in [3.8, 4) is 0 Å². The van der Waals surface area contributed by atoms with E-state index in [1.807, 2.05) is 0 Å². The Kier molecular flexibility index (Phi) is 4.53. The van der Waals surface area contributed by atoms with E-state index < -0.39 is 18.8 Å². The average molecular weight is 199 g/mol. The third-order valence-electron chi connectivity index (χ3n) is 1.27. The number of halogens is 3. The van der Waals surface area contributed by atoms with Crippen LogP contribution >= 0.6 is 0 Å². The summed E-state index contributed by atoms with van der Waals surface area (Å²) < 4.78 is 35.6. The molecule has 0 saturated heterocycles. The van der Waals surface area contributed by atoms with Crippen molar-refractivity contribution in [2.75, 3.05) is 13.1 Å². The number of hydrazine groups is 1. The van der Waals surface area contributed by atoms with Crippen LogP contribution in [0.1, 0.15) is 13.3 Å². The third-order valence-corrected chi connectivity index (χ3v) is 1.27. The van der Waals surface area contributed by atoms with Crippen molar-refractivity contribution in [3.05, 3.63) is 0 Å². The minimum absolute atomic E-state index is 0.0303. The Hall–Kier alpha value is -0.980. The van der Waals surface area contributed by atoms with Gasteiger partial charge in [-0.05, 0) is 6.42 Å². The SMILES string of the molecule is CCCN(CC(F)(F)F)C(=O)NN. The van der Waals surface area contributed by atoms with Gasteiger partial charge in [-0.1, -0.05) is 6.92 Å². The molecule has 0 spiro atoms. The molecule has 0 heterocycles. The summed E-state index contributed by atoms with van der Waals surface area (Å²) in [6, 6.07) is -0.917. The Morgan fingerprint density at radius 2 is 2.08 bits per heavy atom. The summed E-state index contributed by atoms with van der Waals surface area (Å²) in [5.74, 6) is 4.71. The van der Waals surface area contributed by atoms with Crippen LogP contribution in [0, 0.1) is 0 Å². The molecule has 3 N–H and O–H groups in total. The molecular formula is C6H12F3N3O. The molecule has 0 atom stereocenters. The van der Waals surface area contributed by atoms with Crippen LogP contribution in [0.3, 0.4) is 0 Å². The van der Waals surface area contributed by atoms with E-state index >= 15 is 0 Å². The number of alkyl halides is 3. The molecule has 0 radical (unpaired) electrons. The number of urea groups is 1. The van der Waals surface area contributed by atoms with Gasteiger partial charge in [0.2, 0.25) is 0 Å². The Balaban J connectivity index is 4.17. The van der Waals surface area contributed by atoms with Crippen LogP contribution in [0.25, 0.3) is 0 Å². The number of hydrogen-bond donors (Lipinski definition) is 2. The second kappa shape index (κ2) is 4.90. The highest BCUT2D eigenvalue weighted by molar-refractivity contribution is 5.73. The number of carbonyl (C=O) groups excluding carboxylic acids is 1. The van der Waals surface area contributed by atoms with Gasteiger partial charge >= 0.3 is 12.2 Å². The van der Waals surface area contributed by atoms with E-state index in [9.17, 15) is 18.0 Å². The molecule has 0 aliphatic rings. The fourth-order valence-electron chi connectivity index (χ4n) is 0.830. The lowest BCUT2D eigenvalue weighted by molar-refractivity contribution is -0.140. The lowest BCUT2D eigenvalue weighted by Crippen LogP contribution is -2.47. The van der Waals surface area contributed by atoms with Crippen molar-refractivity contribution in [2.45, 2.75) is 19.5 Å². The smallest absolute Gasteiger partial charge is 0.315 e. The van der Waals surface area contributed by atoms with Gasteiger partial charge in [-0.15, -0.1) is 0 Å². The first-order chi connectivity index (χ1) is 5.90. The van der Waals surface area contributed by atoms with Gasteiger partial charge in [0.25, 0.3) is 0 Å². The van der Waals surface area contributed by atoms with Crippen LogP contribution < -0.4 is 11.3 Å². The van der Waals surface area contributed by atoms with Gasteiger partial charge in [-0.25, -0.2) is 10.6 Å². The quantitative estimate of drug-likeness (QED) is 0.402. The molecule has 0 bridgehead atoms. The summed E-state index contributed by atoms with van der Waals surface area (Å²) in [6.45, 7) is 0.430. The van der Waals surface area contributed by atoms with E-state index in [0.717, 1.165) is 0 Å². The maximum Gasteiger partial charge on any atom is 0.406 e. The van der Waals surface area contributed by atoms with Crippen molar-refractivity contribution < 1.29 is 18.0 Å². The Bertz CT molecular complexity index is 171. The van der Waals surface area contributed by atoms with Gasteiger partial charge in [0.15, 0.2) is 0 Å². The normalized spacial score (nSPS) is 11.2. The average Bonchev–Trinajstić information content (AvgIpc) is 2.00. The zero-order valence-electron chi connectivity index (χ0n) is 7.19. The van der Waals surface area contributed by atoms with E-state index in [4.69, 9.17) is 5.84 Å². The van der Waals surface area contributed by atoms with Gasteiger partial charge in [-0.3, -0.25) is 5.43 Å². The predicted molar refractivity (Wildman–Crippen MR) is 40.6 cm³/mol. The molecular weight excluding hydrogens is 187 g/mol. The first-order valence-corrected chi connectivity index (χ1v) is 3.73. The van der Waals surface area contributed by atoms with Crippen molar-refractivity contribution in [2.24, 2.45) is 5.84 Å². The summed E-state index contributed by atoms with van der Waals surface area (Å²) in [7, 11) is 0. The first-order valence-electron chi connectivity index (χ1n) is 3.73. The summed E-state index contributed by atoms with van der Waals surface area (Å²) in [5.41, 5.74) is 1.66. The van der Waals surface area contributed by atoms with Crippen LogP contribution in [0.15, 0.2) is 0 Å². The molecule has 0 rings (SSSR count). The van der Waals surface area contributed by atoms with E-state index in [-0.39, 0.29) is 6.54 Å². The second-order valence-corrected chi connectivity index (χ2v) is 2.49. The van der Waals surface area contributed by atoms with Gasteiger partial charge in [-0.2, -0.15) is 13.2 Å². The molecule has 0 unspecified atom stereocenters. The topological polar surface area (TPSA) is 58.4 Å². The predicted octanol–water partition coefficient (Wildman–Crippen LogP) is 0.844. The maximum atomic E-state index is 11.9. The van der Waals surface area contributed by atoms with Gasteiger partial charge < -0.3 is 4.90 Å². The molecule has 0 aromatic heterocycles. The van der Waals surface area contributed by atoms with Crippen LogP contribution in [-0.4, -0.2) is 30.2 Å². The zero-order valence-corrected chi connectivity index (χ0v) is 7.19. The van der Waals surface area contributed by atoms with E-state index in [2.05, 4.69) is 0 Å². The molecule has 0 aliphatic heterocycles. The van der Waals surface area contributed by atoms with Gasteiger partial charge in [0.1, 0.15) is 6.54 Å². The largest absolute Gasteiger partial charge is 0.406 e. The highest BCUT2D eigenvalue weighted by atomic mass is 19.4. The lowest BCUT2D eigenvalue weighted by Gasteiger charge is -2.22. The minimum atomic E-state index is -4.39. The summed E-state index contributed by atoms with van der Waals surface area (Å²) in [6.07, 6.45) is -3.94. The van der Waals surface area contributed by atoms with Crippen LogP contribution in [0.4, 0.5) is 18.0 Å². The molecule has 0 saturated carbocycles. The van der Waals surface area contributed by atoms with Crippen molar-refractivity contribution >= 4 is 6.03 Å². The second-order valence-electron chi connectivity index (χ2n) is 2.49. The number of carbonyl (C=O) groups is 1. The molecule has 0 aromatic carbocycles. The van der Waals surface area contributed by atoms with Crippen molar-refractivity contribution in [1.29, 1.82) is 0 Å². The van der Waals surface area contributed by atoms with Crippen LogP contribution in [0.2, 0.25) is 0 Å². The van der Waals surface area contributed by atoms with Crippen molar-refractivity contribution in [1.82, 2.24) is 10.3 Å². The fourth-order valence-corrected chi connectivity index (χ4v) is 0.830. The standard InChI is InChI=1S/C6H12F3N3O/c1-2-3-12(5(13)11-10)4-6(7,8)9/h2-4,10H2,1H3,(H,11,13). The van der Waals surface area contributed by atoms with Gasteiger partial charge in [0, 0.05) is 6.54 Å². The number of nitrogens with one attached hydrogen (secondary N) is 1. The molecule has 7 heteroatoms. The number of nitrogens with zero attached hydrogens (tertiary/aromatic N) is 1. The Morgan fingerprint density at radius 3 is 2.38 bits per heavy atom. The minimum Gasteiger partial charge on any atom is -0.315 e. The molecule has 0 aromatic rings. The van der Waals surface area contributed by atoms with Crippen molar-refractivity contribution in [3.63, 3.8) is 0 Å². The molecule has 78 valence electrons.